The van der Waals surface area contributed by atoms with Crippen LogP contribution in [-0.4, -0.2) is 38.6 Å². The third-order valence-corrected chi connectivity index (χ3v) is 4.40. The molecule has 1 aliphatic carbocycles. The summed E-state index contributed by atoms with van der Waals surface area (Å²) in [6.45, 7) is 0.931. The van der Waals surface area contributed by atoms with Gasteiger partial charge in [0.1, 0.15) is 0 Å². The second kappa shape index (κ2) is 7.45. The first-order chi connectivity index (χ1) is 11.7. The molecule has 2 aromatic carbocycles. The van der Waals surface area contributed by atoms with Crippen molar-refractivity contribution in [3.8, 4) is 0 Å². The molecule has 1 fully saturated rings. The van der Waals surface area contributed by atoms with E-state index in [0.717, 1.165) is 6.42 Å². The summed E-state index contributed by atoms with van der Waals surface area (Å²) in [7, 11) is 1.58. The predicted octanol–water partition coefficient (Wildman–Crippen LogP) is 1.82. The van der Waals surface area contributed by atoms with Gasteiger partial charge in [0.05, 0.1) is 13.2 Å². The van der Waals surface area contributed by atoms with E-state index in [0.29, 0.717) is 13.2 Å². The molecule has 24 heavy (non-hydrogen) atoms. The highest BCUT2D eigenvalue weighted by Crippen LogP contribution is 2.49. The fourth-order valence-electron chi connectivity index (χ4n) is 3.06. The standard InChI is InChI=1S/C19H22N2O3/c1-24-10-9-20-18(22)12-21-19(23)17-11-16(17)15-8-4-6-13-5-2-3-7-14(13)15/h2-8,16-17H,9-12H2,1H3,(H,20,22)(H,21,23)/t16-,17-/m1/s1. The zero-order valence-electron chi connectivity index (χ0n) is 13.7. The molecule has 2 amide bonds. The van der Waals surface area contributed by atoms with Crippen molar-refractivity contribution in [3.05, 3.63) is 48.0 Å². The van der Waals surface area contributed by atoms with Gasteiger partial charge in [-0.15, -0.1) is 0 Å². The van der Waals surface area contributed by atoms with Gasteiger partial charge < -0.3 is 15.4 Å². The first-order valence-corrected chi connectivity index (χ1v) is 8.21. The Bertz CT molecular complexity index is 739. The number of carbonyl (C=O) groups is 2. The molecule has 2 atom stereocenters. The van der Waals surface area contributed by atoms with Crippen molar-refractivity contribution in [1.29, 1.82) is 0 Å². The molecule has 0 unspecified atom stereocenters. The average molecular weight is 326 g/mol. The van der Waals surface area contributed by atoms with E-state index >= 15 is 0 Å². The van der Waals surface area contributed by atoms with Crippen LogP contribution in [0.25, 0.3) is 10.8 Å². The van der Waals surface area contributed by atoms with Crippen molar-refractivity contribution in [1.82, 2.24) is 10.6 Å². The third-order valence-electron chi connectivity index (χ3n) is 4.40. The second-order valence-corrected chi connectivity index (χ2v) is 6.08. The van der Waals surface area contributed by atoms with E-state index in [2.05, 4.69) is 34.9 Å². The van der Waals surface area contributed by atoms with Crippen molar-refractivity contribution in [2.45, 2.75) is 12.3 Å². The summed E-state index contributed by atoms with van der Waals surface area (Å²) < 4.78 is 4.86. The molecule has 1 aliphatic rings. The number of methoxy groups -OCH3 is 1. The number of hydrogen-bond donors (Lipinski definition) is 2. The molecule has 0 aliphatic heterocycles. The molecule has 0 spiro atoms. The van der Waals surface area contributed by atoms with Crippen LogP contribution in [0.2, 0.25) is 0 Å². The lowest BCUT2D eigenvalue weighted by Crippen LogP contribution is -2.38. The number of hydrogen-bond acceptors (Lipinski definition) is 3. The summed E-state index contributed by atoms with van der Waals surface area (Å²) >= 11 is 0. The minimum atomic E-state index is -0.192. The molecule has 2 aromatic rings. The number of rotatable bonds is 7. The van der Waals surface area contributed by atoms with Crippen molar-refractivity contribution < 1.29 is 14.3 Å². The van der Waals surface area contributed by atoms with Crippen LogP contribution in [-0.2, 0) is 14.3 Å². The van der Waals surface area contributed by atoms with Gasteiger partial charge in [-0.3, -0.25) is 9.59 Å². The van der Waals surface area contributed by atoms with Gasteiger partial charge in [0.15, 0.2) is 0 Å². The summed E-state index contributed by atoms with van der Waals surface area (Å²) in [6, 6.07) is 14.4. The largest absolute Gasteiger partial charge is 0.383 e. The molecule has 126 valence electrons. The fourth-order valence-corrected chi connectivity index (χ4v) is 3.06. The molecule has 5 heteroatoms. The minimum absolute atomic E-state index is 0.0152. The number of carbonyl (C=O) groups excluding carboxylic acids is 2. The number of benzene rings is 2. The Morgan fingerprint density at radius 1 is 1.12 bits per heavy atom. The molecule has 5 nitrogen and oxygen atoms in total. The molecule has 0 radical (unpaired) electrons. The quantitative estimate of drug-likeness (QED) is 0.763. The van der Waals surface area contributed by atoms with Gasteiger partial charge >= 0.3 is 0 Å². The van der Waals surface area contributed by atoms with Crippen molar-refractivity contribution in [3.63, 3.8) is 0 Å². The Balaban J connectivity index is 1.55. The van der Waals surface area contributed by atoms with Crippen LogP contribution in [0, 0.1) is 5.92 Å². The van der Waals surface area contributed by atoms with E-state index in [1.807, 2.05) is 18.2 Å². The second-order valence-electron chi connectivity index (χ2n) is 6.08. The zero-order chi connectivity index (χ0) is 16.9. The summed E-state index contributed by atoms with van der Waals surface area (Å²) in [5.41, 5.74) is 1.22. The first-order valence-electron chi connectivity index (χ1n) is 8.21. The van der Waals surface area contributed by atoms with Crippen LogP contribution < -0.4 is 10.6 Å². The zero-order valence-corrected chi connectivity index (χ0v) is 13.7. The highest BCUT2D eigenvalue weighted by molar-refractivity contribution is 5.91. The SMILES string of the molecule is COCCNC(=O)CNC(=O)[C@@H]1C[C@@H]1c1cccc2ccccc12. The monoisotopic (exact) mass is 326 g/mol. The molecular weight excluding hydrogens is 304 g/mol. The molecule has 3 rings (SSSR count). The Morgan fingerprint density at radius 3 is 2.75 bits per heavy atom. The van der Waals surface area contributed by atoms with Gasteiger partial charge in [-0.25, -0.2) is 0 Å². The Hall–Kier alpha value is -2.40. The first kappa shape index (κ1) is 16.5. The molecule has 0 saturated heterocycles. The maximum Gasteiger partial charge on any atom is 0.239 e. The summed E-state index contributed by atoms with van der Waals surface area (Å²) in [6.07, 6.45) is 0.838. The van der Waals surface area contributed by atoms with Crippen LogP contribution in [0.5, 0.6) is 0 Å². The molecule has 0 bridgehead atoms. The van der Waals surface area contributed by atoms with E-state index in [1.54, 1.807) is 7.11 Å². The van der Waals surface area contributed by atoms with Gasteiger partial charge in [0.25, 0.3) is 0 Å². The molecule has 2 N–H and O–H groups in total. The van der Waals surface area contributed by atoms with Crippen LogP contribution in [0.1, 0.15) is 17.9 Å². The fraction of sp³-hybridized carbons (Fsp3) is 0.368. The lowest BCUT2D eigenvalue weighted by atomic mass is 10.00. The van der Waals surface area contributed by atoms with Crippen LogP contribution in [0.3, 0.4) is 0 Å². The number of amides is 2. The Morgan fingerprint density at radius 2 is 1.92 bits per heavy atom. The van der Waals surface area contributed by atoms with Crippen molar-refractivity contribution in [2.75, 3.05) is 26.8 Å². The third kappa shape index (κ3) is 3.74. The Labute approximate surface area is 141 Å². The normalized spacial score (nSPS) is 19.0. The van der Waals surface area contributed by atoms with Gasteiger partial charge in [-0.1, -0.05) is 42.5 Å². The molecule has 1 saturated carbocycles. The highest BCUT2D eigenvalue weighted by atomic mass is 16.5. The predicted molar refractivity (Wildman–Crippen MR) is 92.7 cm³/mol. The van der Waals surface area contributed by atoms with E-state index < -0.39 is 0 Å². The van der Waals surface area contributed by atoms with Gasteiger partial charge in [0.2, 0.25) is 11.8 Å². The molecule has 0 aromatic heterocycles. The van der Waals surface area contributed by atoms with Crippen LogP contribution >= 0.6 is 0 Å². The number of nitrogens with one attached hydrogen (secondary N) is 2. The number of fused-ring (bicyclic) bond motifs is 1. The maximum atomic E-state index is 12.2. The lowest BCUT2D eigenvalue weighted by Gasteiger charge is -2.08. The molecule has 0 heterocycles. The maximum absolute atomic E-state index is 12.2. The van der Waals surface area contributed by atoms with Crippen molar-refractivity contribution in [2.24, 2.45) is 5.92 Å². The summed E-state index contributed by atoms with van der Waals surface area (Å²) in [4.78, 5) is 23.9. The van der Waals surface area contributed by atoms with Crippen LogP contribution in [0.15, 0.2) is 42.5 Å². The summed E-state index contributed by atoms with van der Waals surface area (Å²) in [5, 5.41) is 7.81. The van der Waals surface area contributed by atoms with Gasteiger partial charge in [-0.05, 0) is 28.7 Å². The average Bonchev–Trinajstić information content (AvgIpc) is 3.40. The van der Waals surface area contributed by atoms with E-state index in [1.165, 1.54) is 16.3 Å². The summed E-state index contributed by atoms with van der Waals surface area (Å²) in [5.74, 6) is -0.0344. The van der Waals surface area contributed by atoms with E-state index in [4.69, 9.17) is 4.74 Å². The van der Waals surface area contributed by atoms with Gasteiger partial charge in [-0.2, -0.15) is 0 Å². The number of ether oxygens (including phenoxy) is 1. The van der Waals surface area contributed by atoms with Crippen LogP contribution in [0.4, 0.5) is 0 Å². The minimum Gasteiger partial charge on any atom is -0.383 e. The van der Waals surface area contributed by atoms with Crippen molar-refractivity contribution >= 4 is 22.6 Å². The van der Waals surface area contributed by atoms with E-state index in [-0.39, 0.29) is 30.2 Å². The highest BCUT2D eigenvalue weighted by Gasteiger charge is 2.44. The molecular formula is C19H22N2O3. The van der Waals surface area contributed by atoms with Gasteiger partial charge in [0, 0.05) is 19.6 Å². The Kier molecular flexibility index (Phi) is 5.11. The van der Waals surface area contributed by atoms with E-state index in [9.17, 15) is 9.59 Å². The lowest BCUT2D eigenvalue weighted by molar-refractivity contribution is -0.126. The topological polar surface area (TPSA) is 67.4 Å². The smallest absolute Gasteiger partial charge is 0.239 e.